The molecule has 110 valence electrons. The van der Waals surface area contributed by atoms with E-state index in [0.717, 1.165) is 17.8 Å². The number of phenolic OH excluding ortho intramolecular Hbond substituents is 1. The highest BCUT2D eigenvalue weighted by atomic mass is 35.5. The molecule has 1 aliphatic rings. The molecule has 0 bridgehead atoms. The van der Waals surface area contributed by atoms with E-state index in [0.29, 0.717) is 10.1 Å². The molecule has 1 aliphatic heterocycles. The summed E-state index contributed by atoms with van der Waals surface area (Å²) in [5, 5.41) is 21.4. The van der Waals surface area contributed by atoms with E-state index in [1.165, 1.54) is 17.0 Å². The number of amides is 1. The van der Waals surface area contributed by atoms with Crippen molar-refractivity contribution in [2.75, 3.05) is 14.1 Å². The number of phenols is 1. The van der Waals surface area contributed by atoms with Crippen molar-refractivity contribution in [2.24, 2.45) is 4.99 Å². The van der Waals surface area contributed by atoms with Gasteiger partial charge in [-0.25, -0.2) is 0 Å². The maximum atomic E-state index is 12.0. The average Bonchev–Trinajstić information content (AvgIpc) is 2.70. The van der Waals surface area contributed by atoms with Crippen molar-refractivity contribution in [2.45, 2.75) is 0 Å². The van der Waals surface area contributed by atoms with E-state index < -0.39 is 16.4 Å². The molecule has 1 aromatic carbocycles. The zero-order valence-corrected chi connectivity index (χ0v) is 12.6. The molecule has 2 rings (SSSR count). The normalized spacial score (nSPS) is 18.8. The summed E-state index contributed by atoms with van der Waals surface area (Å²) in [6.07, 6.45) is 1.36. The van der Waals surface area contributed by atoms with Crippen LogP contribution in [0.3, 0.4) is 0 Å². The number of hydrogen-bond donors (Lipinski definition) is 1. The van der Waals surface area contributed by atoms with Gasteiger partial charge in [0.25, 0.3) is 5.91 Å². The van der Waals surface area contributed by atoms with Gasteiger partial charge in [0.15, 0.2) is 5.17 Å². The minimum atomic E-state index is -0.738. The molecule has 0 unspecified atom stereocenters. The van der Waals surface area contributed by atoms with Crippen LogP contribution in [0.25, 0.3) is 6.08 Å². The zero-order valence-electron chi connectivity index (χ0n) is 11.0. The first kappa shape index (κ1) is 15.3. The van der Waals surface area contributed by atoms with Crippen molar-refractivity contribution < 1.29 is 14.8 Å². The maximum Gasteiger partial charge on any atom is 0.312 e. The Kier molecular flexibility index (Phi) is 4.19. The Balaban J connectivity index is 2.52. The molecule has 0 aliphatic carbocycles. The second-order valence-corrected chi connectivity index (χ2v) is 5.55. The molecular weight excluding hydrogens is 318 g/mol. The summed E-state index contributed by atoms with van der Waals surface area (Å²) < 4.78 is 0. The quantitative estimate of drug-likeness (QED) is 0.511. The number of rotatable bonds is 2. The summed E-state index contributed by atoms with van der Waals surface area (Å²) in [6, 6.07) is 2.40. The van der Waals surface area contributed by atoms with Crippen molar-refractivity contribution in [1.82, 2.24) is 4.90 Å². The van der Waals surface area contributed by atoms with Gasteiger partial charge in [0.2, 0.25) is 5.75 Å². The fourth-order valence-electron chi connectivity index (χ4n) is 1.75. The van der Waals surface area contributed by atoms with Gasteiger partial charge in [-0.3, -0.25) is 24.8 Å². The summed E-state index contributed by atoms with van der Waals surface area (Å²) in [4.78, 5) is 27.7. The van der Waals surface area contributed by atoms with Gasteiger partial charge in [0.1, 0.15) is 0 Å². The second kappa shape index (κ2) is 5.74. The van der Waals surface area contributed by atoms with Crippen LogP contribution in [0.5, 0.6) is 5.75 Å². The Bertz CT molecular complexity index is 702. The summed E-state index contributed by atoms with van der Waals surface area (Å²) in [7, 11) is 3.12. The van der Waals surface area contributed by atoms with Crippen LogP contribution < -0.4 is 0 Å². The lowest BCUT2D eigenvalue weighted by Crippen LogP contribution is -2.23. The van der Waals surface area contributed by atoms with Crippen molar-refractivity contribution >= 4 is 46.2 Å². The third-order valence-corrected chi connectivity index (χ3v) is 4.13. The fraction of sp³-hybridized carbons (Fsp3) is 0.167. The number of amidine groups is 1. The van der Waals surface area contributed by atoms with Gasteiger partial charge >= 0.3 is 5.69 Å². The Morgan fingerprint density at radius 1 is 1.52 bits per heavy atom. The van der Waals surface area contributed by atoms with Crippen LogP contribution in [0, 0.1) is 10.1 Å². The number of benzene rings is 1. The molecule has 7 nitrogen and oxygen atoms in total. The van der Waals surface area contributed by atoms with Gasteiger partial charge in [-0.2, -0.15) is 0 Å². The number of nitrogens with zero attached hydrogens (tertiary/aromatic N) is 3. The lowest BCUT2D eigenvalue weighted by atomic mass is 10.1. The Morgan fingerprint density at radius 3 is 2.71 bits per heavy atom. The smallest absolute Gasteiger partial charge is 0.312 e. The molecule has 0 radical (unpaired) electrons. The van der Waals surface area contributed by atoms with Crippen LogP contribution >= 0.6 is 23.4 Å². The van der Waals surface area contributed by atoms with Crippen molar-refractivity contribution in [3.63, 3.8) is 0 Å². The van der Waals surface area contributed by atoms with E-state index in [1.54, 1.807) is 14.1 Å². The predicted octanol–water partition coefficient (Wildman–Crippen LogP) is 2.49. The fourth-order valence-corrected chi connectivity index (χ4v) is 2.88. The highest BCUT2D eigenvalue weighted by molar-refractivity contribution is 8.18. The third kappa shape index (κ3) is 2.86. The Labute approximate surface area is 129 Å². The number of aromatic hydroxyl groups is 1. The monoisotopic (exact) mass is 327 g/mol. The maximum absolute atomic E-state index is 12.0. The molecule has 1 saturated heterocycles. The number of nitro groups is 1. The van der Waals surface area contributed by atoms with Crippen molar-refractivity contribution in [3.8, 4) is 5.75 Å². The molecule has 0 atom stereocenters. The molecule has 0 spiro atoms. The van der Waals surface area contributed by atoms with Crippen LogP contribution in [0.2, 0.25) is 5.02 Å². The van der Waals surface area contributed by atoms with E-state index in [4.69, 9.17) is 11.6 Å². The molecule has 1 amide bonds. The molecule has 0 saturated carbocycles. The first-order valence-corrected chi connectivity index (χ1v) is 6.86. The SMILES string of the molecule is CN=C1S/C(=C/c2cc(Cl)cc([N+](=O)[O-])c2O)C(=O)N1C. The van der Waals surface area contributed by atoms with E-state index >= 15 is 0 Å². The molecule has 1 heterocycles. The molecule has 21 heavy (non-hydrogen) atoms. The zero-order chi connectivity index (χ0) is 15.7. The van der Waals surface area contributed by atoms with Crippen LogP contribution in [-0.4, -0.2) is 40.1 Å². The number of thioether (sulfide) groups is 1. The Hall–Kier alpha value is -2.06. The standard InChI is InChI=1S/C12H10ClN3O4S/c1-14-12-15(2)11(18)9(21-12)4-6-3-7(13)5-8(10(6)17)16(19)20/h3-5,17H,1-2H3/b9-4+,14-12?. The first-order chi connectivity index (χ1) is 9.85. The van der Waals surface area contributed by atoms with Crippen LogP contribution in [0.4, 0.5) is 5.69 Å². The van der Waals surface area contributed by atoms with Gasteiger partial charge < -0.3 is 5.11 Å². The number of aliphatic imine (C=N–C) groups is 1. The highest BCUT2D eigenvalue weighted by Gasteiger charge is 2.30. The summed E-state index contributed by atoms with van der Waals surface area (Å²) in [6.45, 7) is 0. The third-order valence-electron chi connectivity index (χ3n) is 2.76. The van der Waals surface area contributed by atoms with Gasteiger partial charge in [-0.1, -0.05) is 11.6 Å². The van der Waals surface area contributed by atoms with E-state index in [9.17, 15) is 20.0 Å². The Morgan fingerprint density at radius 2 is 2.19 bits per heavy atom. The highest BCUT2D eigenvalue weighted by Crippen LogP contribution is 2.37. The number of halogens is 1. The molecule has 1 fully saturated rings. The minimum Gasteiger partial charge on any atom is -0.502 e. The largest absolute Gasteiger partial charge is 0.502 e. The lowest BCUT2D eigenvalue weighted by molar-refractivity contribution is -0.385. The summed E-state index contributed by atoms with van der Waals surface area (Å²) in [5.74, 6) is -0.836. The number of hydrogen-bond acceptors (Lipinski definition) is 6. The molecule has 0 aromatic heterocycles. The summed E-state index contributed by atoms with van der Waals surface area (Å²) >= 11 is 6.92. The van der Waals surface area contributed by atoms with Crippen LogP contribution in [0.15, 0.2) is 22.0 Å². The van der Waals surface area contributed by atoms with Gasteiger partial charge in [0.05, 0.1) is 9.83 Å². The molecule has 1 aromatic rings. The molecule has 1 N–H and O–H groups in total. The van der Waals surface area contributed by atoms with E-state index in [2.05, 4.69) is 4.99 Å². The molecular formula is C12H10ClN3O4S. The van der Waals surface area contributed by atoms with Crippen LogP contribution in [0.1, 0.15) is 5.56 Å². The second-order valence-electron chi connectivity index (χ2n) is 4.10. The van der Waals surface area contributed by atoms with Gasteiger partial charge in [-0.05, 0) is 23.9 Å². The minimum absolute atomic E-state index is 0.0968. The number of carbonyl (C=O) groups is 1. The van der Waals surface area contributed by atoms with E-state index in [-0.39, 0.29) is 16.5 Å². The number of carbonyl (C=O) groups excluding carboxylic acids is 1. The lowest BCUT2D eigenvalue weighted by Gasteiger charge is -2.05. The predicted molar refractivity (Wildman–Crippen MR) is 81.5 cm³/mol. The van der Waals surface area contributed by atoms with Crippen LogP contribution in [-0.2, 0) is 4.79 Å². The van der Waals surface area contributed by atoms with Crippen molar-refractivity contribution in [1.29, 1.82) is 0 Å². The molecule has 9 heteroatoms. The van der Waals surface area contributed by atoms with E-state index in [1.807, 2.05) is 0 Å². The number of likely N-dealkylation sites (N-methyl/N-ethyl adjacent to an activating group) is 1. The average molecular weight is 328 g/mol. The van der Waals surface area contributed by atoms with Gasteiger partial charge in [-0.15, -0.1) is 0 Å². The summed E-state index contributed by atoms with van der Waals surface area (Å²) in [5.41, 5.74) is -0.404. The topological polar surface area (TPSA) is 96.0 Å². The number of nitro benzene ring substituents is 1. The van der Waals surface area contributed by atoms with Gasteiger partial charge in [0, 0.05) is 30.7 Å². The first-order valence-electron chi connectivity index (χ1n) is 5.66. The van der Waals surface area contributed by atoms with Crippen molar-refractivity contribution in [3.05, 3.63) is 37.7 Å².